The molecule has 1 fully saturated rings. The summed E-state index contributed by atoms with van der Waals surface area (Å²) in [6, 6.07) is 12.7. The molecule has 2 aromatic carbocycles. The highest BCUT2D eigenvalue weighted by molar-refractivity contribution is 7.89. The van der Waals surface area contributed by atoms with Gasteiger partial charge in [0.25, 0.3) is 0 Å². The Morgan fingerprint density at radius 1 is 1.19 bits per heavy atom. The Labute approximate surface area is 125 Å². The van der Waals surface area contributed by atoms with E-state index in [4.69, 9.17) is 4.74 Å². The summed E-state index contributed by atoms with van der Waals surface area (Å²) in [4.78, 5) is 0.297. The molecule has 1 heterocycles. The molecule has 0 amide bonds. The number of ether oxygens (including phenoxy) is 1. The number of hydrogen-bond donors (Lipinski definition) is 1. The van der Waals surface area contributed by atoms with Crippen LogP contribution < -0.4 is 4.72 Å². The fourth-order valence-corrected chi connectivity index (χ4v) is 4.03. The molecule has 0 unspecified atom stereocenters. The van der Waals surface area contributed by atoms with Crippen molar-refractivity contribution >= 4 is 20.8 Å². The Balaban J connectivity index is 1.85. The van der Waals surface area contributed by atoms with Crippen molar-refractivity contribution in [3.05, 3.63) is 42.5 Å². The molecular formula is C16H19NO3S. The van der Waals surface area contributed by atoms with Crippen LogP contribution in [0.1, 0.15) is 19.8 Å². The molecule has 3 rings (SSSR count). The summed E-state index contributed by atoms with van der Waals surface area (Å²) in [5.74, 6) is 0. The summed E-state index contributed by atoms with van der Waals surface area (Å²) in [5, 5.41) is 1.95. The molecule has 2 atom stereocenters. The Kier molecular flexibility index (Phi) is 3.97. The number of sulfonamides is 1. The highest BCUT2D eigenvalue weighted by Crippen LogP contribution is 2.21. The van der Waals surface area contributed by atoms with Crippen LogP contribution in [0.15, 0.2) is 47.4 Å². The Bertz CT molecular complexity index is 736. The van der Waals surface area contributed by atoms with E-state index >= 15 is 0 Å². The smallest absolute Gasteiger partial charge is 0.240 e. The predicted molar refractivity (Wildman–Crippen MR) is 82.7 cm³/mol. The third-order valence-electron chi connectivity index (χ3n) is 3.89. The van der Waals surface area contributed by atoms with E-state index < -0.39 is 10.0 Å². The zero-order valence-corrected chi connectivity index (χ0v) is 12.8. The summed E-state index contributed by atoms with van der Waals surface area (Å²) in [7, 11) is -3.52. The van der Waals surface area contributed by atoms with Crippen LogP contribution in [0.5, 0.6) is 0 Å². The van der Waals surface area contributed by atoms with Gasteiger partial charge < -0.3 is 4.74 Å². The first kappa shape index (κ1) is 14.5. The summed E-state index contributed by atoms with van der Waals surface area (Å²) >= 11 is 0. The Hall–Kier alpha value is -1.43. The van der Waals surface area contributed by atoms with E-state index in [1.54, 1.807) is 12.1 Å². The Morgan fingerprint density at radius 2 is 1.95 bits per heavy atom. The fourth-order valence-electron chi connectivity index (χ4n) is 2.72. The number of nitrogens with one attached hydrogen (secondary N) is 1. The summed E-state index contributed by atoms with van der Waals surface area (Å²) in [6.45, 7) is 2.57. The molecule has 0 aromatic heterocycles. The zero-order valence-electron chi connectivity index (χ0n) is 12.0. The van der Waals surface area contributed by atoms with E-state index in [-0.39, 0.29) is 12.1 Å². The van der Waals surface area contributed by atoms with Gasteiger partial charge in [-0.3, -0.25) is 0 Å². The van der Waals surface area contributed by atoms with E-state index in [1.807, 2.05) is 37.3 Å². The molecule has 1 N–H and O–H groups in total. The van der Waals surface area contributed by atoms with Gasteiger partial charge in [0.1, 0.15) is 0 Å². The van der Waals surface area contributed by atoms with Gasteiger partial charge in [0.05, 0.1) is 11.0 Å². The van der Waals surface area contributed by atoms with Crippen molar-refractivity contribution in [2.24, 2.45) is 0 Å². The van der Waals surface area contributed by atoms with Crippen LogP contribution >= 0.6 is 0 Å². The minimum absolute atomic E-state index is 0.0276. The molecule has 0 aliphatic carbocycles. The second kappa shape index (κ2) is 5.75. The SMILES string of the molecule is C[C@@H](NS(=O)(=O)c1ccc2ccccc2c1)[C@@H]1CCCO1. The molecule has 0 bridgehead atoms. The maximum atomic E-state index is 12.5. The largest absolute Gasteiger partial charge is 0.377 e. The molecule has 5 heteroatoms. The molecule has 0 saturated carbocycles. The molecule has 112 valence electrons. The van der Waals surface area contributed by atoms with E-state index in [0.717, 1.165) is 23.6 Å². The summed E-state index contributed by atoms with van der Waals surface area (Å²) in [6.07, 6.45) is 1.87. The van der Waals surface area contributed by atoms with Crippen LogP contribution in [0, 0.1) is 0 Å². The van der Waals surface area contributed by atoms with Gasteiger partial charge in [0.2, 0.25) is 10.0 Å². The first-order chi connectivity index (χ1) is 10.1. The first-order valence-corrected chi connectivity index (χ1v) is 8.67. The van der Waals surface area contributed by atoms with Crippen LogP contribution in [-0.4, -0.2) is 27.2 Å². The van der Waals surface area contributed by atoms with Gasteiger partial charge in [-0.15, -0.1) is 0 Å². The molecule has 21 heavy (non-hydrogen) atoms. The van der Waals surface area contributed by atoms with Crippen LogP contribution in [-0.2, 0) is 14.8 Å². The highest BCUT2D eigenvalue weighted by Gasteiger charge is 2.26. The summed E-state index contributed by atoms with van der Waals surface area (Å²) in [5.41, 5.74) is 0. The maximum Gasteiger partial charge on any atom is 0.240 e. The van der Waals surface area contributed by atoms with Crippen molar-refractivity contribution in [2.45, 2.75) is 36.8 Å². The number of rotatable bonds is 4. The standard InChI is InChI=1S/C16H19NO3S/c1-12(16-7-4-10-20-16)17-21(18,19)15-9-8-13-5-2-3-6-14(13)11-15/h2-3,5-6,8-9,11-12,16-17H,4,7,10H2,1H3/t12-,16+/m1/s1. The zero-order chi connectivity index (χ0) is 14.9. The second-order valence-electron chi connectivity index (χ2n) is 5.47. The molecule has 4 nitrogen and oxygen atoms in total. The molecule has 1 aliphatic heterocycles. The van der Waals surface area contributed by atoms with Gasteiger partial charge in [0.15, 0.2) is 0 Å². The third-order valence-corrected chi connectivity index (χ3v) is 5.45. The average Bonchev–Trinajstić information content (AvgIpc) is 3.00. The minimum atomic E-state index is -3.52. The van der Waals surface area contributed by atoms with Gasteiger partial charge in [0, 0.05) is 12.6 Å². The minimum Gasteiger partial charge on any atom is -0.377 e. The van der Waals surface area contributed by atoms with Gasteiger partial charge in [-0.05, 0) is 42.7 Å². The van der Waals surface area contributed by atoms with Crippen molar-refractivity contribution < 1.29 is 13.2 Å². The van der Waals surface area contributed by atoms with E-state index in [0.29, 0.717) is 11.5 Å². The van der Waals surface area contributed by atoms with Gasteiger partial charge in [-0.2, -0.15) is 0 Å². The number of hydrogen-bond acceptors (Lipinski definition) is 3. The second-order valence-corrected chi connectivity index (χ2v) is 7.18. The quantitative estimate of drug-likeness (QED) is 0.945. The molecule has 0 spiro atoms. The predicted octanol–water partition coefficient (Wildman–Crippen LogP) is 2.69. The van der Waals surface area contributed by atoms with Gasteiger partial charge in [-0.1, -0.05) is 30.3 Å². The molecule has 1 saturated heterocycles. The number of fused-ring (bicyclic) bond motifs is 1. The van der Waals surface area contributed by atoms with E-state index in [9.17, 15) is 8.42 Å². The van der Waals surface area contributed by atoms with Gasteiger partial charge in [-0.25, -0.2) is 13.1 Å². The lowest BCUT2D eigenvalue weighted by Gasteiger charge is -2.20. The van der Waals surface area contributed by atoms with E-state index in [2.05, 4.69) is 4.72 Å². The summed E-state index contributed by atoms with van der Waals surface area (Å²) < 4.78 is 33.2. The molecular weight excluding hydrogens is 286 g/mol. The van der Waals surface area contributed by atoms with Crippen molar-refractivity contribution in [3.8, 4) is 0 Å². The lowest BCUT2D eigenvalue weighted by Crippen LogP contribution is -2.40. The highest BCUT2D eigenvalue weighted by atomic mass is 32.2. The monoisotopic (exact) mass is 305 g/mol. The Morgan fingerprint density at radius 3 is 2.67 bits per heavy atom. The van der Waals surface area contributed by atoms with Crippen LogP contribution in [0.3, 0.4) is 0 Å². The lowest BCUT2D eigenvalue weighted by atomic mass is 10.1. The third kappa shape index (κ3) is 3.10. The van der Waals surface area contributed by atoms with E-state index in [1.165, 1.54) is 0 Å². The topological polar surface area (TPSA) is 55.4 Å². The molecule has 0 radical (unpaired) electrons. The van der Waals surface area contributed by atoms with Crippen molar-refractivity contribution in [2.75, 3.05) is 6.61 Å². The molecule has 1 aliphatic rings. The average molecular weight is 305 g/mol. The van der Waals surface area contributed by atoms with Crippen molar-refractivity contribution in [1.82, 2.24) is 4.72 Å². The maximum absolute atomic E-state index is 12.5. The van der Waals surface area contributed by atoms with Gasteiger partial charge >= 0.3 is 0 Å². The fraction of sp³-hybridized carbons (Fsp3) is 0.375. The van der Waals surface area contributed by atoms with Crippen LogP contribution in [0.2, 0.25) is 0 Å². The molecule has 2 aromatic rings. The first-order valence-electron chi connectivity index (χ1n) is 7.19. The van der Waals surface area contributed by atoms with Crippen molar-refractivity contribution in [3.63, 3.8) is 0 Å². The van der Waals surface area contributed by atoms with Crippen molar-refractivity contribution in [1.29, 1.82) is 0 Å². The lowest BCUT2D eigenvalue weighted by molar-refractivity contribution is 0.0902. The number of benzene rings is 2. The van der Waals surface area contributed by atoms with Crippen LogP contribution in [0.25, 0.3) is 10.8 Å². The van der Waals surface area contributed by atoms with Crippen LogP contribution in [0.4, 0.5) is 0 Å². The normalized spacial score (nSPS) is 20.7.